The Morgan fingerprint density at radius 2 is 1.86 bits per heavy atom. The smallest absolute Gasteiger partial charge is 0.265 e. The van der Waals surface area contributed by atoms with Crippen molar-refractivity contribution in [3.05, 3.63) is 71.8 Å². The molecule has 0 aliphatic heterocycles. The van der Waals surface area contributed by atoms with Gasteiger partial charge in [0.25, 0.3) is 11.8 Å². The number of carbonyl (C=O) groups is 2. The Morgan fingerprint density at radius 3 is 2.54 bits per heavy atom. The minimum atomic E-state index is -0.719. The van der Waals surface area contributed by atoms with Crippen LogP contribution in [0.3, 0.4) is 0 Å². The molecule has 2 aromatic carbocycles. The zero-order valence-electron chi connectivity index (χ0n) is 16.9. The van der Waals surface area contributed by atoms with Gasteiger partial charge in [-0.2, -0.15) is 0 Å². The summed E-state index contributed by atoms with van der Waals surface area (Å²) in [7, 11) is 0. The van der Waals surface area contributed by atoms with E-state index in [0.29, 0.717) is 23.5 Å². The Balaban J connectivity index is 2.15. The summed E-state index contributed by atoms with van der Waals surface area (Å²) in [6.07, 6.45) is 0.881. The molecule has 0 saturated heterocycles. The number of hydrogen-bond acceptors (Lipinski definition) is 3. The maximum atomic E-state index is 12.7. The van der Waals surface area contributed by atoms with E-state index < -0.39 is 6.10 Å². The van der Waals surface area contributed by atoms with E-state index in [1.54, 1.807) is 37.3 Å². The van der Waals surface area contributed by atoms with Crippen molar-refractivity contribution in [2.24, 2.45) is 0 Å². The number of ether oxygens (including phenoxy) is 1. The molecule has 2 amide bonds. The predicted molar refractivity (Wildman–Crippen MR) is 113 cm³/mol. The Kier molecular flexibility index (Phi) is 7.38. The predicted octanol–water partition coefficient (Wildman–Crippen LogP) is 4.44. The number of hydrogen-bond donors (Lipinski definition) is 2. The molecule has 5 heteroatoms. The molecule has 5 nitrogen and oxygen atoms in total. The number of amides is 2. The average Bonchev–Trinajstić information content (AvgIpc) is 2.66. The first-order valence-electron chi connectivity index (χ1n) is 9.39. The van der Waals surface area contributed by atoms with Crippen molar-refractivity contribution in [3.63, 3.8) is 0 Å². The van der Waals surface area contributed by atoms with Crippen molar-refractivity contribution in [2.45, 2.75) is 39.7 Å². The lowest BCUT2D eigenvalue weighted by atomic mass is 10.0. The molecule has 0 aromatic heterocycles. The van der Waals surface area contributed by atoms with E-state index in [2.05, 4.69) is 31.1 Å². The maximum absolute atomic E-state index is 12.7. The lowest BCUT2D eigenvalue weighted by Crippen LogP contribution is -2.32. The van der Waals surface area contributed by atoms with Gasteiger partial charge in [0.1, 0.15) is 5.75 Å². The zero-order chi connectivity index (χ0) is 20.7. The monoisotopic (exact) mass is 380 g/mol. The topological polar surface area (TPSA) is 67.4 Å². The van der Waals surface area contributed by atoms with Gasteiger partial charge in [-0.25, -0.2) is 0 Å². The van der Waals surface area contributed by atoms with Crippen molar-refractivity contribution >= 4 is 17.5 Å². The van der Waals surface area contributed by atoms with Gasteiger partial charge in [0.15, 0.2) is 6.10 Å². The molecule has 148 valence electrons. The van der Waals surface area contributed by atoms with Crippen LogP contribution in [0.15, 0.2) is 55.1 Å². The molecule has 2 aromatic rings. The van der Waals surface area contributed by atoms with E-state index in [1.165, 1.54) is 0 Å². The summed E-state index contributed by atoms with van der Waals surface area (Å²) in [4.78, 5) is 25.0. The summed E-state index contributed by atoms with van der Waals surface area (Å²) in [5, 5.41) is 5.52. The third-order valence-corrected chi connectivity index (χ3v) is 4.30. The van der Waals surface area contributed by atoms with Crippen LogP contribution >= 0.6 is 0 Å². The number of para-hydroxylation sites is 1. The molecule has 0 aliphatic rings. The molecule has 1 atom stereocenters. The second-order valence-electron chi connectivity index (χ2n) is 6.99. The van der Waals surface area contributed by atoms with Crippen LogP contribution < -0.4 is 15.4 Å². The largest absolute Gasteiger partial charge is 0.481 e. The summed E-state index contributed by atoms with van der Waals surface area (Å²) in [5.41, 5.74) is 2.95. The molecular weight excluding hydrogens is 352 g/mol. The van der Waals surface area contributed by atoms with Crippen molar-refractivity contribution < 1.29 is 14.3 Å². The molecule has 0 spiro atoms. The first-order chi connectivity index (χ1) is 13.3. The first kappa shape index (κ1) is 21.2. The highest BCUT2D eigenvalue weighted by atomic mass is 16.5. The fraction of sp³-hybridized carbons (Fsp3) is 0.304. The normalized spacial score (nSPS) is 11.6. The fourth-order valence-electron chi connectivity index (χ4n) is 2.75. The van der Waals surface area contributed by atoms with Crippen LogP contribution in [0.2, 0.25) is 0 Å². The third-order valence-electron chi connectivity index (χ3n) is 4.30. The highest BCUT2D eigenvalue weighted by molar-refractivity contribution is 6.04. The molecule has 1 unspecified atom stereocenters. The summed E-state index contributed by atoms with van der Waals surface area (Å²) < 4.78 is 5.96. The standard InChI is InChI=1S/C23H28N2O3/c1-6-13-24-23(27)19-9-7-8-10-20(19)25-22(26)17(5)28-21-14-16(4)11-12-18(21)15(2)3/h6-12,14-15,17H,1,13H2,2-5H3,(H,24,27)(H,25,26). The number of nitrogens with one attached hydrogen (secondary N) is 2. The molecule has 28 heavy (non-hydrogen) atoms. The van der Waals surface area contributed by atoms with Crippen LogP contribution in [0, 0.1) is 6.92 Å². The van der Waals surface area contributed by atoms with Gasteiger partial charge >= 0.3 is 0 Å². The van der Waals surface area contributed by atoms with Crippen LogP contribution in [0.1, 0.15) is 48.2 Å². The lowest BCUT2D eigenvalue weighted by Gasteiger charge is -2.20. The van der Waals surface area contributed by atoms with Crippen LogP contribution in [0.4, 0.5) is 5.69 Å². The molecule has 2 rings (SSSR count). The Hall–Kier alpha value is -3.08. The molecule has 2 N–H and O–H groups in total. The first-order valence-corrected chi connectivity index (χ1v) is 9.39. The van der Waals surface area contributed by atoms with Crippen LogP contribution in [0.5, 0.6) is 5.75 Å². The van der Waals surface area contributed by atoms with Crippen LogP contribution in [-0.4, -0.2) is 24.5 Å². The number of carbonyl (C=O) groups excluding carboxylic acids is 2. The number of aryl methyl sites for hydroxylation is 1. The van der Waals surface area contributed by atoms with E-state index in [1.807, 2.05) is 25.1 Å². The molecule has 0 saturated carbocycles. The van der Waals surface area contributed by atoms with Gasteiger partial charge in [-0.05, 0) is 49.1 Å². The number of benzene rings is 2. The second kappa shape index (κ2) is 9.74. The summed E-state index contributed by atoms with van der Waals surface area (Å²) in [5.74, 6) is 0.389. The van der Waals surface area contributed by atoms with Crippen LogP contribution in [-0.2, 0) is 4.79 Å². The van der Waals surface area contributed by atoms with E-state index in [-0.39, 0.29) is 17.7 Å². The summed E-state index contributed by atoms with van der Waals surface area (Å²) in [6, 6.07) is 12.9. The van der Waals surface area contributed by atoms with Gasteiger partial charge in [0, 0.05) is 6.54 Å². The minimum absolute atomic E-state index is 0.273. The second-order valence-corrected chi connectivity index (χ2v) is 6.99. The van der Waals surface area contributed by atoms with Crippen molar-refractivity contribution in [2.75, 3.05) is 11.9 Å². The van der Waals surface area contributed by atoms with Crippen LogP contribution in [0.25, 0.3) is 0 Å². The molecule has 0 bridgehead atoms. The van der Waals surface area contributed by atoms with Gasteiger partial charge < -0.3 is 15.4 Å². The van der Waals surface area contributed by atoms with E-state index in [9.17, 15) is 9.59 Å². The molecular formula is C23H28N2O3. The maximum Gasteiger partial charge on any atom is 0.265 e. The summed E-state index contributed by atoms with van der Waals surface area (Å²) >= 11 is 0. The quantitative estimate of drug-likeness (QED) is 0.665. The van der Waals surface area contributed by atoms with Crippen molar-refractivity contribution in [1.29, 1.82) is 0 Å². The Labute approximate surface area is 166 Å². The Bertz CT molecular complexity index is 859. The SMILES string of the molecule is C=CCNC(=O)c1ccccc1NC(=O)C(C)Oc1cc(C)ccc1C(C)C. The number of rotatable bonds is 8. The zero-order valence-corrected chi connectivity index (χ0v) is 16.9. The van der Waals surface area contributed by atoms with Gasteiger partial charge in [-0.1, -0.05) is 44.2 Å². The Morgan fingerprint density at radius 1 is 1.14 bits per heavy atom. The molecule has 0 heterocycles. The molecule has 0 radical (unpaired) electrons. The lowest BCUT2D eigenvalue weighted by molar-refractivity contribution is -0.122. The third kappa shape index (κ3) is 5.46. The van der Waals surface area contributed by atoms with E-state index in [0.717, 1.165) is 11.1 Å². The van der Waals surface area contributed by atoms with Gasteiger partial charge in [-0.15, -0.1) is 6.58 Å². The van der Waals surface area contributed by atoms with Gasteiger partial charge in [0.2, 0.25) is 0 Å². The van der Waals surface area contributed by atoms with E-state index >= 15 is 0 Å². The molecule has 0 fully saturated rings. The number of anilines is 1. The highest BCUT2D eigenvalue weighted by Gasteiger charge is 2.20. The van der Waals surface area contributed by atoms with Crippen molar-refractivity contribution in [3.8, 4) is 5.75 Å². The van der Waals surface area contributed by atoms with Gasteiger partial charge in [-0.3, -0.25) is 9.59 Å². The minimum Gasteiger partial charge on any atom is -0.481 e. The summed E-state index contributed by atoms with van der Waals surface area (Å²) in [6.45, 7) is 11.8. The average molecular weight is 380 g/mol. The van der Waals surface area contributed by atoms with E-state index in [4.69, 9.17) is 4.74 Å². The molecule has 0 aliphatic carbocycles. The van der Waals surface area contributed by atoms with Gasteiger partial charge in [0.05, 0.1) is 11.3 Å². The highest BCUT2D eigenvalue weighted by Crippen LogP contribution is 2.28. The fourth-order valence-corrected chi connectivity index (χ4v) is 2.75. The van der Waals surface area contributed by atoms with Crippen molar-refractivity contribution in [1.82, 2.24) is 5.32 Å².